The zero-order chi connectivity index (χ0) is 15.8. The number of nitrogens with zero attached hydrogens (tertiary/aromatic N) is 3. The summed E-state index contributed by atoms with van der Waals surface area (Å²) in [6.45, 7) is 0. The zero-order valence-electron chi connectivity index (χ0n) is 10.1. The van der Waals surface area contributed by atoms with Gasteiger partial charge < -0.3 is 10.8 Å². The van der Waals surface area contributed by atoms with Crippen LogP contribution in [0, 0.1) is 0 Å². The number of carboxylic acid groups (broad SMARTS) is 1. The number of nitrogens with two attached hydrogens (primary N) is 1. The molecule has 0 spiro atoms. The Bertz CT molecular complexity index is 724. The van der Waals surface area contributed by atoms with Crippen molar-refractivity contribution in [3.63, 3.8) is 0 Å². The Labute approximate surface area is 114 Å². The van der Waals surface area contributed by atoms with Crippen molar-refractivity contribution in [1.82, 2.24) is 14.8 Å². The second-order valence-electron chi connectivity index (χ2n) is 3.88. The van der Waals surface area contributed by atoms with E-state index in [0.717, 1.165) is 23.0 Å². The number of aromatic carboxylic acids is 1. The highest BCUT2D eigenvalue weighted by molar-refractivity contribution is 5.95. The predicted octanol–water partition coefficient (Wildman–Crippen LogP) is 1.08. The summed E-state index contributed by atoms with van der Waals surface area (Å²) < 4.78 is 38.7. The smallest absolute Gasteiger partial charge is 0.433 e. The average Bonchev–Trinajstić information content (AvgIpc) is 2.86. The van der Waals surface area contributed by atoms with Crippen molar-refractivity contribution in [2.75, 3.05) is 0 Å². The topological polar surface area (TPSA) is 111 Å². The lowest BCUT2D eigenvalue weighted by atomic mass is 10.2. The van der Waals surface area contributed by atoms with E-state index in [-0.39, 0.29) is 5.56 Å². The second-order valence-corrected chi connectivity index (χ2v) is 3.88. The first-order chi connectivity index (χ1) is 9.70. The van der Waals surface area contributed by atoms with Gasteiger partial charge in [0, 0.05) is 6.20 Å². The molecule has 0 saturated carbocycles. The lowest BCUT2D eigenvalue weighted by Crippen LogP contribution is -2.19. The van der Waals surface area contributed by atoms with Crippen molar-refractivity contribution in [1.29, 1.82) is 0 Å². The lowest BCUT2D eigenvalue weighted by Gasteiger charge is -2.10. The number of hydrogen-bond donors (Lipinski definition) is 2. The van der Waals surface area contributed by atoms with Crippen LogP contribution in [0.5, 0.6) is 0 Å². The number of pyridine rings is 1. The molecule has 7 nitrogen and oxygen atoms in total. The molecule has 0 bridgehead atoms. The van der Waals surface area contributed by atoms with Gasteiger partial charge in [0.25, 0.3) is 5.91 Å². The Morgan fingerprint density at radius 3 is 2.38 bits per heavy atom. The van der Waals surface area contributed by atoms with Gasteiger partial charge in [-0.15, -0.1) is 0 Å². The van der Waals surface area contributed by atoms with Gasteiger partial charge in [-0.05, 0) is 18.2 Å². The normalized spacial score (nSPS) is 11.4. The summed E-state index contributed by atoms with van der Waals surface area (Å²) in [5, 5.41) is 12.3. The van der Waals surface area contributed by atoms with E-state index >= 15 is 0 Å². The Balaban J connectivity index is 2.62. The molecule has 0 saturated heterocycles. The molecule has 2 aromatic heterocycles. The third-order valence-electron chi connectivity index (χ3n) is 2.46. The van der Waals surface area contributed by atoms with Crippen LogP contribution in [0.1, 0.15) is 26.5 Å². The van der Waals surface area contributed by atoms with Crippen LogP contribution in [0.2, 0.25) is 0 Å². The predicted molar refractivity (Wildman–Crippen MR) is 61.8 cm³/mol. The van der Waals surface area contributed by atoms with Gasteiger partial charge in [0.1, 0.15) is 5.69 Å². The molecule has 2 aromatic rings. The molecule has 0 unspecified atom stereocenters. The molecule has 0 aliphatic carbocycles. The van der Waals surface area contributed by atoms with Crippen LogP contribution >= 0.6 is 0 Å². The minimum absolute atomic E-state index is 0.317. The van der Waals surface area contributed by atoms with Crippen LogP contribution in [0.15, 0.2) is 24.4 Å². The largest absolute Gasteiger partial charge is 0.476 e. The Kier molecular flexibility index (Phi) is 3.37. The summed E-state index contributed by atoms with van der Waals surface area (Å²) in [6, 6.07) is 2.51. The molecular weight excluding hydrogens is 293 g/mol. The van der Waals surface area contributed by atoms with E-state index in [1.807, 2.05) is 0 Å². The number of halogens is 3. The number of carbonyl (C=O) groups is 2. The molecule has 2 rings (SSSR count). The molecule has 10 heteroatoms. The number of alkyl halides is 3. The van der Waals surface area contributed by atoms with Crippen LogP contribution in [0.4, 0.5) is 13.2 Å². The Morgan fingerprint density at radius 1 is 1.24 bits per heavy atom. The van der Waals surface area contributed by atoms with Gasteiger partial charge in [0.2, 0.25) is 0 Å². The fraction of sp³-hybridized carbons (Fsp3) is 0.0909. The van der Waals surface area contributed by atoms with Crippen molar-refractivity contribution in [2.45, 2.75) is 6.18 Å². The Morgan fingerprint density at radius 2 is 1.90 bits per heavy atom. The summed E-state index contributed by atoms with van der Waals surface area (Å²) >= 11 is 0. The highest BCUT2D eigenvalue weighted by Gasteiger charge is 2.33. The van der Waals surface area contributed by atoms with E-state index in [1.54, 1.807) is 0 Å². The fourth-order valence-electron chi connectivity index (χ4n) is 1.53. The standard InChI is InChI=1S/C11H7F3N4O3/c12-11(13,14)7-2-1-5(8(15)19)9(16-7)18-4-3-6(17-18)10(20)21/h1-4H,(H2,15,19)(H,20,21). The molecule has 1 amide bonds. The maximum atomic E-state index is 12.6. The first-order valence-electron chi connectivity index (χ1n) is 5.37. The molecular formula is C11H7F3N4O3. The summed E-state index contributed by atoms with van der Waals surface area (Å²) in [5.74, 6) is -2.88. The van der Waals surface area contributed by atoms with Gasteiger partial charge in [-0.2, -0.15) is 18.3 Å². The van der Waals surface area contributed by atoms with Crippen molar-refractivity contribution in [3.8, 4) is 5.82 Å². The molecule has 21 heavy (non-hydrogen) atoms. The number of aromatic nitrogens is 3. The maximum Gasteiger partial charge on any atom is 0.433 e. The van der Waals surface area contributed by atoms with Gasteiger partial charge >= 0.3 is 12.1 Å². The van der Waals surface area contributed by atoms with Crippen LogP contribution in [-0.2, 0) is 6.18 Å². The number of amides is 1. The third-order valence-corrected chi connectivity index (χ3v) is 2.46. The number of carbonyl (C=O) groups excluding carboxylic acids is 1. The van der Waals surface area contributed by atoms with Gasteiger partial charge in [0.15, 0.2) is 11.5 Å². The van der Waals surface area contributed by atoms with Crippen molar-refractivity contribution >= 4 is 11.9 Å². The minimum Gasteiger partial charge on any atom is -0.476 e. The molecule has 2 heterocycles. The van der Waals surface area contributed by atoms with Crippen molar-refractivity contribution < 1.29 is 27.9 Å². The van der Waals surface area contributed by atoms with Gasteiger partial charge in [-0.3, -0.25) is 4.79 Å². The molecule has 3 N–H and O–H groups in total. The van der Waals surface area contributed by atoms with Crippen LogP contribution in [0.25, 0.3) is 5.82 Å². The second kappa shape index (κ2) is 4.89. The van der Waals surface area contributed by atoms with Crippen LogP contribution < -0.4 is 5.73 Å². The summed E-state index contributed by atoms with van der Waals surface area (Å²) in [6.07, 6.45) is -3.66. The molecule has 0 fully saturated rings. The van der Waals surface area contributed by atoms with Crippen molar-refractivity contribution in [3.05, 3.63) is 41.3 Å². The summed E-state index contributed by atoms with van der Waals surface area (Å²) in [7, 11) is 0. The highest BCUT2D eigenvalue weighted by atomic mass is 19.4. The maximum absolute atomic E-state index is 12.6. The van der Waals surface area contributed by atoms with Gasteiger partial charge in [-0.1, -0.05) is 0 Å². The first-order valence-corrected chi connectivity index (χ1v) is 5.37. The number of rotatable bonds is 3. The summed E-state index contributed by atoms with van der Waals surface area (Å²) in [4.78, 5) is 25.3. The van der Waals surface area contributed by atoms with E-state index < -0.39 is 35.3 Å². The summed E-state index contributed by atoms with van der Waals surface area (Å²) in [5.41, 5.74) is 3.08. The molecule has 110 valence electrons. The van der Waals surface area contributed by atoms with Crippen LogP contribution in [0.3, 0.4) is 0 Å². The number of primary amides is 1. The highest BCUT2D eigenvalue weighted by Crippen LogP contribution is 2.29. The number of carboxylic acids is 1. The monoisotopic (exact) mass is 300 g/mol. The molecule has 0 radical (unpaired) electrons. The van der Waals surface area contributed by atoms with E-state index in [4.69, 9.17) is 10.8 Å². The van der Waals surface area contributed by atoms with Gasteiger partial charge in [-0.25, -0.2) is 14.5 Å². The van der Waals surface area contributed by atoms with E-state index in [2.05, 4.69) is 10.1 Å². The fourth-order valence-corrected chi connectivity index (χ4v) is 1.53. The average molecular weight is 300 g/mol. The molecule has 0 aliphatic heterocycles. The van der Waals surface area contributed by atoms with E-state index in [1.165, 1.54) is 0 Å². The molecule has 0 atom stereocenters. The van der Waals surface area contributed by atoms with Gasteiger partial charge in [0.05, 0.1) is 5.56 Å². The SMILES string of the molecule is NC(=O)c1ccc(C(F)(F)F)nc1-n1ccc(C(=O)O)n1. The van der Waals surface area contributed by atoms with Crippen LogP contribution in [-0.4, -0.2) is 31.7 Å². The molecule has 0 aliphatic rings. The zero-order valence-corrected chi connectivity index (χ0v) is 10.1. The van der Waals surface area contributed by atoms with E-state index in [9.17, 15) is 22.8 Å². The minimum atomic E-state index is -4.73. The third kappa shape index (κ3) is 2.83. The van der Waals surface area contributed by atoms with Crippen molar-refractivity contribution in [2.24, 2.45) is 5.73 Å². The number of hydrogen-bond acceptors (Lipinski definition) is 4. The molecule has 0 aromatic carbocycles. The van der Waals surface area contributed by atoms with E-state index in [0.29, 0.717) is 6.07 Å². The quantitative estimate of drug-likeness (QED) is 0.881. The lowest BCUT2D eigenvalue weighted by molar-refractivity contribution is -0.141. The first kappa shape index (κ1) is 14.5. The Hall–Kier alpha value is -2.91.